The van der Waals surface area contributed by atoms with E-state index < -0.39 is 10.0 Å². The van der Waals surface area contributed by atoms with Crippen LogP contribution in [0.25, 0.3) is 11.5 Å². The van der Waals surface area contributed by atoms with Crippen LogP contribution in [0.1, 0.15) is 36.3 Å². The van der Waals surface area contributed by atoms with Crippen molar-refractivity contribution >= 4 is 21.8 Å². The van der Waals surface area contributed by atoms with E-state index in [0.29, 0.717) is 35.5 Å². The van der Waals surface area contributed by atoms with Gasteiger partial charge in [0.25, 0.3) is 5.22 Å². The predicted molar refractivity (Wildman–Crippen MR) is 108 cm³/mol. The number of hydrogen-bond donors (Lipinski definition) is 0. The summed E-state index contributed by atoms with van der Waals surface area (Å²) in [6.45, 7) is 4.88. The SMILES string of the molecule is Cc1noc(C)c1CSc1nnc(-c2cccc(S(=O)(=O)N3CCCCC3)c2)o1. The molecule has 0 spiro atoms. The van der Waals surface area contributed by atoms with Crippen molar-refractivity contribution in [2.75, 3.05) is 13.1 Å². The van der Waals surface area contributed by atoms with Gasteiger partial charge in [-0.1, -0.05) is 29.4 Å². The van der Waals surface area contributed by atoms with Crippen LogP contribution in [0.15, 0.2) is 43.3 Å². The zero-order chi connectivity index (χ0) is 20.4. The van der Waals surface area contributed by atoms with Crippen LogP contribution < -0.4 is 0 Å². The van der Waals surface area contributed by atoms with Crippen molar-refractivity contribution in [3.05, 3.63) is 41.3 Å². The van der Waals surface area contributed by atoms with Crippen LogP contribution in [0.5, 0.6) is 0 Å². The van der Waals surface area contributed by atoms with Crippen molar-refractivity contribution in [2.24, 2.45) is 0 Å². The Bertz CT molecular complexity index is 1080. The smallest absolute Gasteiger partial charge is 0.277 e. The minimum Gasteiger partial charge on any atom is -0.411 e. The largest absolute Gasteiger partial charge is 0.411 e. The van der Waals surface area contributed by atoms with E-state index in [2.05, 4.69) is 15.4 Å². The van der Waals surface area contributed by atoms with E-state index in [0.717, 1.165) is 36.3 Å². The first-order valence-electron chi connectivity index (χ1n) is 9.44. The number of aromatic nitrogens is 3. The van der Waals surface area contributed by atoms with Gasteiger partial charge in [0, 0.05) is 30.0 Å². The Kier molecular flexibility index (Phi) is 5.75. The number of rotatable bonds is 6. The quantitative estimate of drug-likeness (QED) is 0.540. The molecule has 0 atom stereocenters. The van der Waals surface area contributed by atoms with Gasteiger partial charge >= 0.3 is 0 Å². The van der Waals surface area contributed by atoms with E-state index in [-0.39, 0.29) is 4.90 Å². The number of benzene rings is 1. The van der Waals surface area contributed by atoms with E-state index in [4.69, 9.17) is 8.94 Å². The van der Waals surface area contributed by atoms with Crippen LogP contribution in [0, 0.1) is 13.8 Å². The molecule has 1 fully saturated rings. The first-order chi connectivity index (χ1) is 13.9. The molecule has 1 aromatic carbocycles. The molecule has 0 radical (unpaired) electrons. The van der Waals surface area contributed by atoms with E-state index in [1.165, 1.54) is 11.8 Å². The molecule has 10 heteroatoms. The zero-order valence-corrected chi connectivity index (χ0v) is 17.9. The molecule has 3 heterocycles. The Morgan fingerprint density at radius 1 is 1.14 bits per heavy atom. The molecule has 0 bridgehead atoms. The van der Waals surface area contributed by atoms with Crippen molar-refractivity contribution in [3.8, 4) is 11.5 Å². The van der Waals surface area contributed by atoms with Gasteiger partial charge in [-0.15, -0.1) is 10.2 Å². The second-order valence-corrected chi connectivity index (χ2v) is 9.82. The molecular weight excluding hydrogens is 412 g/mol. The summed E-state index contributed by atoms with van der Waals surface area (Å²) in [4.78, 5) is 0.250. The minimum absolute atomic E-state index is 0.250. The van der Waals surface area contributed by atoms with Crippen LogP contribution in [-0.4, -0.2) is 41.2 Å². The van der Waals surface area contributed by atoms with Crippen molar-refractivity contribution in [2.45, 2.75) is 49.0 Å². The molecular formula is C19H22N4O4S2. The number of hydrogen-bond acceptors (Lipinski definition) is 8. The fourth-order valence-electron chi connectivity index (χ4n) is 3.27. The summed E-state index contributed by atoms with van der Waals surface area (Å²) in [5.74, 6) is 1.67. The number of aryl methyl sites for hydroxylation is 2. The van der Waals surface area contributed by atoms with Crippen molar-refractivity contribution < 1.29 is 17.4 Å². The summed E-state index contributed by atoms with van der Waals surface area (Å²) < 4.78 is 38.3. The summed E-state index contributed by atoms with van der Waals surface area (Å²) in [5.41, 5.74) is 2.43. The molecule has 4 rings (SSSR count). The van der Waals surface area contributed by atoms with E-state index in [9.17, 15) is 8.42 Å². The van der Waals surface area contributed by atoms with Gasteiger partial charge in [0.2, 0.25) is 15.9 Å². The summed E-state index contributed by atoms with van der Waals surface area (Å²) in [6.07, 6.45) is 2.87. The Morgan fingerprint density at radius 2 is 1.93 bits per heavy atom. The lowest BCUT2D eigenvalue weighted by Crippen LogP contribution is -2.35. The van der Waals surface area contributed by atoms with Crippen LogP contribution in [0.3, 0.4) is 0 Å². The lowest BCUT2D eigenvalue weighted by atomic mass is 10.2. The van der Waals surface area contributed by atoms with E-state index in [1.807, 2.05) is 13.8 Å². The minimum atomic E-state index is -3.51. The average Bonchev–Trinajstić information content (AvgIpc) is 3.34. The molecule has 0 aliphatic carbocycles. The highest BCUT2D eigenvalue weighted by atomic mass is 32.2. The topological polar surface area (TPSA) is 102 Å². The van der Waals surface area contributed by atoms with Gasteiger partial charge in [-0.25, -0.2) is 8.42 Å². The second kappa shape index (κ2) is 8.29. The summed E-state index contributed by atoms with van der Waals surface area (Å²) in [6, 6.07) is 6.68. The molecule has 0 saturated carbocycles. The number of sulfonamides is 1. The molecule has 0 amide bonds. The summed E-state index contributed by atoms with van der Waals surface area (Å²) >= 11 is 1.39. The second-order valence-electron chi connectivity index (χ2n) is 6.96. The monoisotopic (exact) mass is 434 g/mol. The van der Waals surface area contributed by atoms with Gasteiger partial charge in [-0.05, 0) is 44.9 Å². The molecule has 1 aliphatic rings. The Labute approximate surface area is 173 Å². The third kappa shape index (κ3) is 4.24. The first-order valence-corrected chi connectivity index (χ1v) is 11.9. The van der Waals surface area contributed by atoms with Gasteiger partial charge in [-0.2, -0.15) is 4.31 Å². The van der Waals surface area contributed by atoms with Gasteiger partial charge < -0.3 is 8.94 Å². The number of piperidine rings is 1. The van der Waals surface area contributed by atoms with Gasteiger partial charge in [0.1, 0.15) is 5.76 Å². The van der Waals surface area contributed by atoms with Crippen LogP contribution in [0.2, 0.25) is 0 Å². The first kappa shape index (κ1) is 20.1. The molecule has 0 N–H and O–H groups in total. The van der Waals surface area contributed by atoms with Crippen LogP contribution in [-0.2, 0) is 15.8 Å². The average molecular weight is 435 g/mol. The van der Waals surface area contributed by atoms with Crippen molar-refractivity contribution in [1.82, 2.24) is 19.7 Å². The molecule has 1 aliphatic heterocycles. The molecule has 0 unspecified atom stereocenters. The Balaban J connectivity index is 1.52. The molecule has 1 saturated heterocycles. The van der Waals surface area contributed by atoms with Gasteiger partial charge in [0.05, 0.1) is 10.6 Å². The molecule has 2 aromatic heterocycles. The third-order valence-corrected chi connectivity index (χ3v) is 7.70. The number of thioether (sulfide) groups is 1. The Hall–Kier alpha value is -2.17. The molecule has 8 nitrogen and oxygen atoms in total. The van der Waals surface area contributed by atoms with Gasteiger partial charge in [-0.3, -0.25) is 0 Å². The van der Waals surface area contributed by atoms with Crippen molar-refractivity contribution in [1.29, 1.82) is 0 Å². The lowest BCUT2D eigenvalue weighted by Gasteiger charge is -2.25. The van der Waals surface area contributed by atoms with Crippen molar-refractivity contribution in [3.63, 3.8) is 0 Å². The zero-order valence-electron chi connectivity index (χ0n) is 16.3. The predicted octanol–water partition coefficient (Wildman–Crippen LogP) is 3.81. The highest BCUT2D eigenvalue weighted by molar-refractivity contribution is 7.98. The standard InChI is InChI=1S/C19H22N4O4S2/c1-13-17(14(2)27-22-13)12-28-19-21-20-18(26-19)15-7-6-8-16(11-15)29(24,25)23-9-4-3-5-10-23/h6-8,11H,3-5,9-10,12H2,1-2H3. The summed E-state index contributed by atoms with van der Waals surface area (Å²) in [5, 5.41) is 12.5. The van der Waals surface area contributed by atoms with E-state index >= 15 is 0 Å². The third-order valence-electron chi connectivity index (χ3n) is 4.96. The van der Waals surface area contributed by atoms with Gasteiger partial charge in [0.15, 0.2) is 0 Å². The maximum absolute atomic E-state index is 12.9. The highest BCUT2D eigenvalue weighted by Gasteiger charge is 2.26. The Morgan fingerprint density at radius 3 is 2.66 bits per heavy atom. The fourth-order valence-corrected chi connectivity index (χ4v) is 5.75. The maximum Gasteiger partial charge on any atom is 0.277 e. The summed E-state index contributed by atoms with van der Waals surface area (Å²) in [7, 11) is -3.51. The van der Waals surface area contributed by atoms with Crippen LogP contribution >= 0.6 is 11.8 Å². The molecule has 29 heavy (non-hydrogen) atoms. The molecule has 154 valence electrons. The van der Waals surface area contributed by atoms with Crippen LogP contribution in [0.4, 0.5) is 0 Å². The lowest BCUT2D eigenvalue weighted by molar-refractivity contribution is 0.346. The number of nitrogens with zero attached hydrogens (tertiary/aromatic N) is 4. The normalized spacial score (nSPS) is 15.7. The molecule has 3 aromatic rings. The highest BCUT2D eigenvalue weighted by Crippen LogP contribution is 2.29. The maximum atomic E-state index is 12.9. The van der Waals surface area contributed by atoms with E-state index in [1.54, 1.807) is 28.6 Å². The fraction of sp³-hybridized carbons (Fsp3) is 0.421.